The second kappa shape index (κ2) is 15.1. The lowest BCUT2D eigenvalue weighted by atomic mass is 10.1. The summed E-state index contributed by atoms with van der Waals surface area (Å²) in [7, 11) is 0. The predicted molar refractivity (Wildman–Crippen MR) is 87.9 cm³/mol. The van der Waals surface area contributed by atoms with Crippen LogP contribution in [0.25, 0.3) is 0 Å². The van der Waals surface area contributed by atoms with E-state index in [1.54, 1.807) is 12.2 Å². The lowest BCUT2D eigenvalue weighted by Crippen LogP contribution is -2.06. The Morgan fingerprint density at radius 1 is 0.600 bits per heavy atom. The Morgan fingerprint density at radius 2 is 0.950 bits per heavy atom. The lowest BCUT2D eigenvalue weighted by Gasteiger charge is -2.08. The summed E-state index contributed by atoms with van der Waals surface area (Å²) in [5, 5.41) is 19.5. The third-order valence-electron chi connectivity index (χ3n) is 3.76. The van der Waals surface area contributed by atoms with Crippen LogP contribution < -0.4 is 0 Å². The van der Waals surface area contributed by atoms with Crippen LogP contribution >= 0.6 is 0 Å². The molecule has 2 N–H and O–H groups in total. The summed E-state index contributed by atoms with van der Waals surface area (Å²) in [6, 6.07) is 0. The van der Waals surface area contributed by atoms with Crippen LogP contribution in [0.3, 0.4) is 0 Å². The first-order valence-electron chi connectivity index (χ1n) is 8.75. The highest BCUT2D eigenvalue weighted by molar-refractivity contribution is 4.93. The minimum atomic E-state index is -0.384. The van der Waals surface area contributed by atoms with E-state index in [4.69, 9.17) is 0 Å². The molecule has 2 atom stereocenters. The molecule has 0 saturated heterocycles. The molecular weight excluding hydrogens is 248 g/mol. The third kappa shape index (κ3) is 14.1. The van der Waals surface area contributed by atoms with Gasteiger partial charge in [0.05, 0.1) is 12.2 Å². The predicted octanol–water partition coefficient (Wildman–Crippen LogP) is 4.99. The Kier molecular flexibility index (Phi) is 14.8. The van der Waals surface area contributed by atoms with Crippen molar-refractivity contribution in [1.29, 1.82) is 0 Å². The molecule has 0 heterocycles. The molecule has 0 saturated carbocycles. The van der Waals surface area contributed by atoms with Gasteiger partial charge < -0.3 is 10.2 Å². The highest BCUT2D eigenvalue weighted by Gasteiger charge is 2.02. The zero-order valence-electron chi connectivity index (χ0n) is 13.7. The van der Waals surface area contributed by atoms with Crippen LogP contribution in [0.2, 0.25) is 0 Å². The lowest BCUT2D eigenvalue weighted by molar-refractivity contribution is 0.192. The van der Waals surface area contributed by atoms with E-state index in [1.165, 1.54) is 51.4 Å². The smallest absolute Gasteiger partial charge is 0.0721 e. The molecule has 0 aromatic rings. The zero-order valence-corrected chi connectivity index (χ0v) is 13.7. The van der Waals surface area contributed by atoms with Gasteiger partial charge in [-0.05, 0) is 12.8 Å². The Labute approximate surface area is 126 Å². The summed E-state index contributed by atoms with van der Waals surface area (Å²) in [5.74, 6) is 0. The van der Waals surface area contributed by atoms with Crippen molar-refractivity contribution in [2.45, 2.75) is 103 Å². The summed E-state index contributed by atoms with van der Waals surface area (Å²) in [5.41, 5.74) is 0. The first-order valence-corrected chi connectivity index (χ1v) is 8.75. The van der Waals surface area contributed by atoms with E-state index in [0.29, 0.717) is 0 Å². The fourth-order valence-electron chi connectivity index (χ4n) is 2.36. The van der Waals surface area contributed by atoms with E-state index in [-0.39, 0.29) is 12.2 Å². The van der Waals surface area contributed by atoms with E-state index in [1.807, 2.05) is 0 Å². The molecule has 0 amide bonds. The average Bonchev–Trinajstić information content (AvgIpc) is 2.44. The molecule has 0 aromatic carbocycles. The van der Waals surface area contributed by atoms with Gasteiger partial charge in [-0.3, -0.25) is 0 Å². The molecule has 0 radical (unpaired) electrons. The fourth-order valence-corrected chi connectivity index (χ4v) is 2.36. The second-order valence-electron chi connectivity index (χ2n) is 5.93. The van der Waals surface area contributed by atoms with E-state index >= 15 is 0 Å². The molecule has 0 fully saturated rings. The van der Waals surface area contributed by atoms with E-state index in [2.05, 4.69) is 13.8 Å². The summed E-state index contributed by atoms with van der Waals surface area (Å²) >= 11 is 0. The summed E-state index contributed by atoms with van der Waals surface area (Å²) in [4.78, 5) is 0. The van der Waals surface area contributed by atoms with Gasteiger partial charge in [-0.15, -0.1) is 0 Å². The van der Waals surface area contributed by atoms with Crippen molar-refractivity contribution < 1.29 is 10.2 Å². The Bertz CT molecular complexity index is 213. The Morgan fingerprint density at radius 3 is 1.45 bits per heavy atom. The van der Waals surface area contributed by atoms with Crippen molar-refractivity contribution >= 4 is 0 Å². The first-order chi connectivity index (χ1) is 9.70. The van der Waals surface area contributed by atoms with E-state index < -0.39 is 0 Å². The molecule has 0 aliphatic rings. The van der Waals surface area contributed by atoms with Crippen LogP contribution in [-0.4, -0.2) is 22.4 Å². The molecule has 120 valence electrons. The van der Waals surface area contributed by atoms with Crippen molar-refractivity contribution in [3.63, 3.8) is 0 Å². The maximum Gasteiger partial charge on any atom is 0.0721 e. The van der Waals surface area contributed by atoms with Crippen LogP contribution in [0.5, 0.6) is 0 Å². The largest absolute Gasteiger partial charge is 0.389 e. The molecule has 0 rings (SSSR count). The van der Waals surface area contributed by atoms with Crippen molar-refractivity contribution in [1.82, 2.24) is 0 Å². The molecule has 2 nitrogen and oxygen atoms in total. The standard InChI is InChI=1S/C18H36O2/c1-3-5-7-8-9-10-12-14-18(20)16-15-17(19)13-11-6-4-2/h15-20H,3-14H2,1-2H3/b16-15+/t17-,18+/m0/s1. The molecule has 2 heteroatoms. The topological polar surface area (TPSA) is 40.5 Å². The molecule has 0 bridgehead atoms. The van der Waals surface area contributed by atoms with Crippen molar-refractivity contribution in [3.8, 4) is 0 Å². The number of hydrogen-bond donors (Lipinski definition) is 2. The van der Waals surface area contributed by atoms with Gasteiger partial charge in [-0.1, -0.05) is 90.2 Å². The Hall–Kier alpha value is -0.340. The highest BCUT2D eigenvalue weighted by atomic mass is 16.3. The molecule has 0 spiro atoms. The fraction of sp³-hybridized carbons (Fsp3) is 0.889. The molecular formula is C18H36O2. The molecule has 0 aliphatic carbocycles. The normalized spacial score (nSPS) is 14.8. The average molecular weight is 284 g/mol. The quantitative estimate of drug-likeness (QED) is 0.348. The van der Waals surface area contributed by atoms with Crippen molar-refractivity contribution in [3.05, 3.63) is 12.2 Å². The number of hydrogen-bond acceptors (Lipinski definition) is 2. The van der Waals surface area contributed by atoms with Crippen LogP contribution in [0.4, 0.5) is 0 Å². The van der Waals surface area contributed by atoms with E-state index in [9.17, 15) is 10.2 Å². The molecule has 0 aliphatic heterocycles. The molecule has 0 aromatic heterocycles. The Balaban J connectivity index is 3.44. The van der Waals surface area contributed by atoms with Gasteiger partial charge in [-0.2, -0.15) is 0 Å². The van der Waals surface area contributed by atoms with Crippen LogP contribution in [0.15, 0.2) is 12.2 Å². The summed E-state index contributed by atoms with van der Waals surface area (Å²) in [6.45, 7) is 4.40. The summed E-state index contributed by atoms with van der Waals surface area (Å²) < 4.78 is 0. The molecule has 0 unspecified atom stereocenters. The van der Waals surface area contributed by atoms with Gasteiger partial charge >= 0.3 is 0 Å². The van der Waals surface area contributed by atoms with Gasteiger partial charge in [0, 0.05) is 0 Å². The number of unbranched alkanes of at least 4 members (excludes halogenated alkanes) is 8. The maximum atomic E-state index is 9.81. The first kappa shape index (κ1) is 19.7. The van der Waals surface area contributed by atoms with Crippen molar-refractivity contribution in [2.75, 3.05) is 0 Å². The van der Waals surface area contributed by atoms with Crippen LogP contribution in [0, 0.1) is 0 Å². The van der Waals surface area contributed by atoms with Gasteiger partial charge in [0.1, 0.15) is 0 Å². The monoisotopic (exact) mass is 284 g/mol. The number of aliphatic hydroxyl groups is 2. The number of aliphatic hydroxyl groups excluding tert-OH is 2. The van der Waals surface area contributed by atoms with Crippen LogP contribution in [0.1, 0.15) is 90.9 Å². The molecule has 20 heavy (non-hydrogen) atoms. The minimum absolute atomic E-state index is 0.383. The zero-order chi connectivity index (χ0) is 15.1. The highest BCUT2D eigenvalue weighted by Crippen LogP contribution is 2.11. The van der Waals surface area contributed by atoms with Gasteiger partial charge in [0.15, 0.2) is 0 Å². The van der Waals surface area contributed by atoms with Crippen LogP contribution in [-0.2, 0) is 0 Å². The summed E-state index contributed by atoms with van der Waals surface area (Å²) in [6.07, 6.45) is 16.7. The van der Waals surface area contributed by atoms with Gasteiger partial charge in [0.2, 0.25) is 0 Å². The van der Waals surface area contributed by atoms with Gasteiger partial charge in [-0.25, -0.2) is 0 Å². The minimum Gasteiger partial charge on any atom is -0.389 e. The maximum absolute atomic E-state index is 9.81. The SMILES string of the molecule is CCCCCCCCC[C@@H](O)/C=C/[C@@H](O)CCCCC. The second-order valence-corrected chi connectivity index (χ2v) is 5.93. The third-order valence-corrected chi connectivity index (χ3v) is 3.76. The van der Waals surface area contributed by atoms with Crippen molar-refractivity contribution in [2.24, 2.45) is 0 Å². The van der Waals surface area contributed by atoms with Gasteiger partial charge in [0.25, 0.3) is 0 Å². The van der Waals surface area contributed by atoms with E-state index in [0.717, 1.165) is 25.7 Å². The number of rotatable bonds is 14.